The highest BCUT2D eigenvalue weighted by molar-refractivity contribution is 5.70. The van der Waals surface area contributed by atoms with Gasteiger partial charge in [-0.1, -0.05) is 0 Å². The van der Waals surface area contributed by atoms with E-state index in [9.17, 15) is 5.11 Å². The molecule has 1 aliphatic heterocycles. The molecule has 1 fully saturated rings. The minimum absolute atomic E-state index is 0.0909. The molecule has 3 rings (SSSR count). The van der Waals surface area contributed by atoms with Crippen molar-refractivity contribution in [2.24, 2.45) is 0 Å². The third kappa shape index (κ3) is 5.97. The predicted molar refractivity (Wildman–Crippen MR) is 119 cm³/mol. The van der Waals surface area contributed by atoms with Crippen LogP contribution in [-0.2, 0) is 9.47 Å². The second-order valence-corrected chi connectivity index (χ2v) is 8.49. The minimum atomic E-state index is -0.648. The Morgan fingerprint density at radius 1 is 0.867 bits per heavy atom. The fraction of sp³-hybridized carbons (Fsp3) is 0.520. The van der Waals surface area contributed by atoms with Crippen molar-refractivity contribution < 1.29 is 24.1 Å². The normalized spacial score (nSPS) is 16.6. The van der Waals surface area contributed by atoms with Gasteiger partial charge in [-0.2, -0.15) is 0 Å². The molecule has 2 unspecified atom stereocenters. The molecule has 5 heteroatoms. The molecular formula is C25H34O5. The molecule has 1 heterocycles. The maximum absolute atomic E-state index is 10.1. The lowest BCUT2D eigenvalue weighted by molar-refractivity contribution is -0.0124. The molecule has 0 aliphatic carbocycles. The number of benzene rings is 2. The third-order valence-electron chi connectivity index (χ3n) is 5.11. The maximum Gasteiger partial charge on any atom is 0.125 e. The summed E-state index contributed by atoms with van der Waals surface area (Å²) >= 11 is 0. The van der Waals surface area contributed by atoms with Crippen molar-refractivity contribution in [3.05, 3.63) is 46.5 Å². The molecule has 1 N–H and O–H groups in total. The monoisotopic (exact) mass is 414 g/mol. The number of rotatable bonds is 10. The van der Waals surface area contributed by atoms with Crippen LogP contribution < -0.4 is 9.47 Å². The van der Waals surface area contributed by atoms with Crippen LogP contribution in [-0.4, -0.2) is 49.8 Å². The summed E-state index contributed by atoms with van der Waals surface area (Å²) < 4.78 is 22.6. The SMILES string of the molecule is Cc1cc(-c2cc(C)c(OCC3CO3)c(C)c2)cc(C)c1OCC(O)COC(C)C. The Hall–Kier alpha value is -2.08. The zero-order chi connectivity index (χ0) is 21.8. The highest BCUT2D eigenvalue weighted by atomic mass is 16.6. The second kappa shape index (κ2) is 9.82. The zero-order valence-corrected chi connectivity index (χ0v) is 19.0. The van der Waals surface area contributed by atoms with Gasteiger partial charge in [0.15, 0.2) is 0 Å². The number of aryl methyl sites for hydroxylation is 4. The molecule has 30 heavy (non-hydrogen) atoms. The van der Waals surface area contributed by atoms with Crippen LogP contribution in [0.15, 0.2) is 24.3 Å². The van der Waals surface area contributed by atoms with Crippen molar-refractivity contribution in [3.8, 4) is 22.6 Å². The summed E-state index contributed by atoms with van der Waals surface area (Å²) in [6.07, 6.45) is -0.310. The molecule has 2 aromatic carbocycles. The maximum atomic E-state index is 10.1. The van der Waals surface area contributed by atoms with Crippen molar-refractivity contribution in [1.82, 2.24) is 0 Å². The largest absolute Gasteiger partial charge is 0.490 e. The number of hydrogen-bond acceptors (Lipinski definition) is 5. The van der Waals surface area contributed by atoms with E-state index < -0.39 is 6.10 Å². The van der Waals surface area contributed by atoms with Crippen molar-refractivity contribution in [3.63, 3.8) is 0 Å². The Labute approximate surface area is 179 Å². The molecule has 0 spiro atoms. The molecule has 1 aliphatic rings. The number of aliphatic hydroxyl groups excluding tert-OH is 1. The van der Waals surface area contributed by atoms with Crippen LogP contribution in [0.5, 0.6) is 11.5 Å². The molecular weight excluding hydrogens is 380 g/mol. The lowest BCUT2D eigenvalue weighted by atomic mass is 9.96. The van der Waals surface area contributed by atoms with Crippen molar-refractivity contribution in [1.29, 1.82) is 0 Å². The predicted octanol–water partition coefficient (Wildman–Crippen LogP) is 4.53. The average molecular weight is 415 g/mol. The molecule has 1 saturated heterocycles. The first-order valence-electron chi connectivity index (χ1n) is 10.6. The summed E-state index contributed by atoms with van der Waals surface area (Å²) in [4.78, 5) is 0. The lowest BCUT2D eigenvalue weighted by Gasteiger charge is -2.18. The highest BCUT2D eigenvalue weighted by Gasteiger charge is 2.24. The Kier molecular flexibility index (Phi) is 7.40. The van der Waals surface area contributed by atoms with E-state index in [1.807, 2.05) is 27.7 Å². The van der Waals surface area contributed by atoms with Crippen molar-refractivity contribution in [2.75, 3.05) is 26.4 Å². The Balaban J connectivity index is 1.72. The van der Waals surface area contributed by atoms with Gasteiger partial charge in [-0.15, -0.1) is 0 Å². The van der Waals surface area contributed by atoms with Crippen molar-refractivity contribution in [2.45, 2.75) is 59.9 Å². The summed E-state index contributed by atoms with van der Waals surface area (Å²) in [5.41, 5.74) is 6.63. The smallest absolute Gasteiger partial charge is 0.125 e. The van der Waals surface area contributed by atoms with Crippen LogP contribution in [0.3, 0.4) is 0 Å². The second-order valence-electron chi connectivity index (χ2n) is 8.49. The fourth-order valence-electron chi connectivity index (χ4n) is 3.56. The van der Waals surface area contributed by atoms with Gasteiger partial charge in [0.25, 0.3) is 0 Å². The van der Waals surface area contributed by atoms with Crippen molar-refractivity contribution >= 4 is 0 Å². The molecule has 0 aromatic heterocycles. The Morgan fingerprint density at radius 3 is 1.77 bits per heavy atom. The summed E-state index contributed by atoms with van der Waals surface area (Å²) in [6.45, 7) is 14.0. The summed E-state index contributed by atoms with van der Waals surface area (Å²) in [6, 6.07) is 8.59. The molecule has 5 nitrogen and oxygen atoms in total. The first-order valence-corrected chi connectivity index (χ1v) is 10.6. The van der Waals surface area contributed by atoms with Gasteiger partial charge < -0.3 is 24.1 Å². The van der Waals surface area contributed by atoms with E-state index in [0.29, 0.717) is 6.61 Å². The van der Waals surface area contributed by atoms with Gasteiger partial charge in [-0.05, 0) is 99.2 Å². The quantitative estimate of drug-likeness (QED) is 0.579. The Morgan fingerprint density at radius 2 is 1.33 bits per heavy atom. The molecule has 164 valence electrons. The first-order chi connectivity index (χ1) is 14.2. The summed E-state index contributed by atoms with van der Waals surface area (Å²) in [5.74, 6) is 1.76. The van der Waals surface area contributed by atoms with E-state index in [2.05, 4.69) is 38.1 Å². The number of hydrogen-bond donors (Lipinski definition) is 1. The van der Waals surface area contributed by atoms with E-state index in [4.69, 9.17) is 18.9 Å². The van der Waals surface area contributed by atoms with E-state index in [1.54, 1.807) is 0 Å². The van der Waals surface area contributed by atoms with Gasteiger partial charge in [-0.25, -0.2) is 0 Å². The summed E-state index contributed by atoms with van der Waals surface area (Å²) in [7, 11) is 0. The van der Waals surface area contributed by atoms with E-state index in [0.717, 1.165) is 51.5 Å². The summed E-state index contributed by atoms with van der Waals surface area (Å²) in [5, 5.41) is 10.1. The van der Waals surface area contributed by atoms with Crippen LogP contribution in [0.1, 0.15) is 36.1 Å². The molecule has 0 bridgehead atoms. The van der Waals surface area contributed by atoms with Gasteiger partial charge in [0.1, 0.15) is 36.9 Å². The van der Waals surface area contributed by atoms with Gasteiger partial charge in [0.05, 0.1) is 19.3 Å². The average Bonchev–Trinajstić information content (AvgIpc) is 3.49. The molecule has 2 aromatic rings. The number of ether oxygens (including phenoxy) is 4. The van der Waals surface area contributed by atoms with Gasteiger partial charge in [0, 0.05) is 0 Å². The van der Waals surface area contributed by atoms with Gasteiger partial charge in [0.2, 0.25) is 0 Å². The van der Waals surface area contributed by atoms with Crippen LogP contribution >= 0.6 is 0 Å². The van der Waals surface area contributed by atoms with E-state index in [1.165, 1.54) is 0 Å². The van der Waals surface area contributed by atoms with Crippen LogP contribution in [0, 0.1) is 27.7 Å². The molecule has 0 radical (unpaired) electrons. The van der Waals surface area contributed by atoms with Gasteiger partial charge >= 0.3 is 0 Å². The topological polar surface area (TPSA) is 60.5 Å². The van der Waals surface area contributed by atoms with Gasteiger partial charge in [-0.3, -0.25) is 0 Å². The highest BCUT2D eigenvalue weighted by Crippen LogP contribution is 2.34. The van der Waals surface area contributed by atoms with Crippen LogP contribution in [0.4, 0.5) is 0 Å². The van der Waals surface area contributed by atoms with Crippen LogP contribution in [0.2, 0.25) is 0 Å². The fourth-order valence-corrected chi connectivity index (χ4v) is 3.56. The third-order valence-corrected chi connectivity index (χ3v) is 5.11. The molecule has 0 saturated carbocycles. The zero-order valence-electron chi connectivity index (χ0n) is 19.0. The lowest BCUT2D eigenvalue weighted by Crippen LogP contribution is -2.25. The minimum Gasteiger partial charge on any atom is -0.490 e. The number of epoxide rings is 1. The number of aliphatic hydroxyl groups is 1. The van der Waals surface area contributed by atoms with E-state index in [-0.39, 0.29) is 25.4 Å². The molecule has 0 amide bonds. The molecule has 2 atom stereocenters. The van der Waals surface area contributed by atoms with Crippen LogP contribution in [0.25, 0.3) is 11.1 Å². The first kappa shape index (κ1) is 22.6. The Bertz CT molecular complexity index is 824. The van der Waals surface area contributed by atoms with E-state index >= 15 is 0 Å². The standard InChI is InChI=1S/C25H34O5/c1-15(2)27-11-22(26)12-29-24-16(3)7-20(8-17(24)4)21-9-18(5)25(19(6)10-21)30-14-23-13-28-23/h7-10,15,22-23,26H,11-14H2,1-6H3.